The summed E-state index contributed by atoms with van der Waals surface area (Å²) in [7, 11) is 7.05. The van der Waals surface area contributed by atoms with E-state index in [0.29, 0.717) is 23.0 Å². The number of nitriles is 2. The third-order valence-corrected chi connectivity index (χ3v) is 4.34. The van der Waals surface area contributed by atoms with Crippen LogP contribution in [0.3, 0.4) is 0 Å². The van der Waals surface area contributed by atoms with Crippen LogP contribution < -0.4 is 21.3 Å². The lowest BCUT2D eigenvalue weighted by molar-refractivity contribution is 0.952. The third-order valence-electron chi connectivity index (χ3n) is 4.34. The van der Waals surface area contributed by atoms with Gasteiger partial charge in [-0.05, 0) is 29.3 Å². The van der Waals surface area contributed by atoms with E-state index >= 15 is 0 Å². The zero-order valence-electron chi connectivity index (χ0n) is 19.1. The van der Waals surface area contributed by atoms with Crippen LogP contribution in [0.5, 0.6) is 0 Å². The first-order valence-corrected chi connectivity index (χ1v) is 9.92. The van der Waals surface area contributed by atoms with Crippen LogP contribution in [0.2, 0.25) is 0 Å². The van der Waals surface area contributed by atoms with Crippen molar-refractivity contribution in [3.63, 3.8) is 0 Å². The minimum Gasteiger partial charge on any atom is -0.368 e. The molecule has 0 spiro atoms. The Labute approximate surface area is 196 Å². The predicted molar refractivity (Wildman–Crippen MR) is 131 cm³/mol. The lowest BCUT2D eigenvalue weighted by atomic mass is 10.1. The number of nitrogen functional groups attached to an aromatic ring is 2. The first-order valence-electron chi connectivity index (χ1n) is 9.92. The normalized spacial score (nSPS) is 11.5. The Morgan fingerprint density at radius 2 is 1.15 bits per heavy atom. The number of anilines is 4. The van der Waals surface area contributed by atoms with Gasteiger partial charge in [0.25, 0.3) is 0 Å². The molecule has 1 aromatic carbocycles. The molecule has 0 saturated carbocycles. The van der Waals surface area contributed by atoms with Crippen LogP contribution in [0.25, 0.3) is 23.3 Å². The Kier molecular flexibility index (Phi) is 6.94. The smallest absolute Gasteiger partial charge is 0.230 e. The van der Waals surface area contributed by atoms with Crippen molar-refractivity contribution in [2.45, 2.75) is 0 Å². The quantitative estimate of drug-likeness (QED) is 0.512. The Morgan fingerprint density at radius 1 is 0.735 bits per heavy atom. The molecular weight excluding hydrogens is 432 g/mol. The molecule has 0 amide bonds. The van der Waals surface area contributed by atoms with Gasteiger partial charge in [0.2, 0.25) is 23.8 Å². The lowest BCUT2D eigenvalue weighted by Crippen LogP contribution is -2.15. The molecule has 34 heavy (non-hydrogen) atoms. The molecule has 2 aromatic heterocycles. The fourth-order valence-electron chi connectivity index (χ4n) is 2.77. The molecular formula is C22H22N12. The predicted octanol–water partition coefficient (Wildman–Crippen LogP) is 1.48. The fraction of sp³-hybridized carbons (Fsp3) is 0.182. The summed E-state index contributed by atoms with van der Waals surface area (Å²) in [6.45, 7) is 0. The standard InChI is InChI=1S/C22H22N12/c1-33(2)21-29-17(27-19(25)31-21)15(11-23)9-13-6-5-7-14(8-13)10-16(12-24)18-28-20(26)32-22(30-18)34(3)4/h5-10H,1-4H3,(H2,25,27,29,31)(H2,26,28,30,32)/b15-9+,16-10+. The van der Waals surface area contributed by atoms with Crippen LogP contribution in [-0.2, 0) is 0 Å². The van der Waals surface area contributed by atoms with Gasteiger partial charge in [-0.25, -0.2) is 0 Å². The molecule has 0 aliphatic heterocycles. The Bertz CT molecular complexity index is 1260. The van der Waals surface area contributed by atoms with Crippen molar-refractivity contribution in [2.24, 2.45) is 0 Å². The summed E-state index contributed by atoms with van der Waals surface area (Å²) in [5.74, 6) is 1.03. The Morgan fingerprint density at radius 3 is 1.50 bits per heavy atom. The van der Waals surface area contributed by atoms with Crippen LogP contribution in [0.4, 0.5) is 23.8 Å². The lowest BCUT2D eigenvalue weighted by Gasteiger charge is -2.11. The summed E-state index contributed by atoms with van der Waals surface area (Å²) >= 11 is 0. The van der Waals surface area contributed by atoms with Gasteiger partial charge in [-0.15, -0.1) is 0 Å². The number of rotatable bonds is 6. The Balaban J connectivity index is 2.02. The second-order valence-electron chi connectivity index (χ2n) is 7.43. The molecule has 0 atom stereocenters. The van der Waals surface area contributed by atoms with Gasteiger partial charge in [-0.2, -0.15) is 40.4 Å². The Hall–Kier alpha value is -5.10. The number of hydrogen-bond donors (Lipinski definition) is 2. The fourth-order valence-corrected chi connectivity index (χ4v) is 2.77. The highest BCUT2D eigenvalue weighted by Gasteiger charge is 2.12. The molecule has 0 aliphatic rings. The molecule has 0 radical (unpaired) electrons. The van der Waals surface area contributed by atoms with E-state index < -0.39 is 0 Å². The number of benzene rings is 1. The van der Waals surface area contributed by atoms with E-state index in [1.54, 1.807) is 62.3 Å². The molecule has 0 fully saturated rings. The third kappa shape index (κ3) is 5.57. The maximum Gasteiger partial charge on any atom is 0.230 e. The molecule has 0 aliphatic carbocycles. The van der Waals surface area contributed by atoms with Gasteiger partial charge in [0.05, 0.1) is 11.1 Å². The van der Waals surface area contributed by atoms with Gasteiger partial charge in [-0.3, -0.25) is 0 Å². The topological polar surface area (TPSA) is 183 Å². The van der Waals surface area contributed by atoms with E-state index in [9.17, 15) is 10.5 Å². The average molecular weight is 455 g/mol. The van der Waals surface area contributed by atoms with Crippen molar-refractivity contribution in [3.8, 4) is 12.1 Å². The SMILES string of the molecule is CN(C)c1nc(N)nc(/C(C#N)=C/c2cccc(/C=C(\C#N)c3nc(N)nc(N(C)C)n3)c2)n1. The monoisotopic (exact) mass is 454 g/mol. The minimum atomic E-state index is 0.0129. The number of nitrogens with zero attached hydrogens (tertiary/aromatic N) is 10. The first-order chi connectivity index (χ1) is 16.2. The maximum absolute atomic E-state index is 9.69. The molecule has 0 unspecified atom stereocenters. The molecule has 12 nitrogen and oxygen atoms in total. The van der Waals surface area contributed by atoms with Crippen molar-refractivity contribution in [1.29, 1.82) is 10.5 Å². The van der Waals surface area contributed by atoms with Crippen LogP contribution in [0, 0.1) is 22.7 Å². The summed E-state index contributed by atoms with van der Waals surface area (Å²) in [5, 5.41) is 19.4. The van der Waals surface area contributed by atoms with Gasteiger partial charge >= 0.3 is 0 Å². The van der Waals surface area contributed by atoms with Crippen molar-refractivity contribution >= 4 is 47.1 Å². The van der Waals surface area contributed by atoms with E-state index in [1.807, 2.05) is 12.1 Å². The molecule has 3 rings (SSSR count). The summed E-state index contributed by atoms with van der Waals surface area (Å²) < 4.78 is 0. The number of allylic oxidation sites excluding steroid dienone is 2. The molecule has 2 heterocycles. The summed E-state index contributed by atoms with van der Waals surface area (Å²) in [6.07, 6.45) is 3.26. The van der Waals surface area contributed by atoms with E-state index in [-0.39, 0.29) is 34.7 Å². The van der Waals surface area contributed by atoms with E-state index in [1.165, 1.54) is 0 Å². The highest BCUT2D eigenvalue weighted by atomic mass is 15.3. The van der Waals surface area contributed by atoms with Crippen LogP contribution in [0.1, 0.15) is 22.8 Å². The molecule has 4 N–H and O–H groups in total. The summed E-state index contributed by atoms with van der Waals surface area (Å²) in [5.41, 5.74) is 13.4. The summed E-state index contributed by atoms with van der Waals surface area (Å²) in [6, 6.07) is 11.4. The second-order valence-corrected chi connectivity index (χ2v) is 7.43. The van der Waals surface area contributed by atoms with E-state index in [4.69, 9.17) is 11.5 Å². The molecule has 3 aromatic rings. The number of aromatic nitrogens is 6. The van der Waals surface area contributed by atoms with Gasteiger partial charge < -0.3 is 21.3 Å². The van der Waals surface area contributed by atoms with Gasteiger partial charge in [0.1, 0.15) is 12.1 Å². The van der Waals surface area contributed by atoms with Crippen LogP contribution in [-0.4, -0.2) is 58.1 Å². The molecule has 0 saturated heterocycles. The second kappa shape index (κ2) is 10.0. The van der Waals surface area contributed by atoms with Crippen molar-refractivity contribution in [3.05, 3.63) is 47.0 Å². The van der Waals surface area contributed by atoms with Gasteiger partial charge in [0.15, 0.2) is 11.6 Å². The van der Waals surface area contributed by atoms with Crippen molar-refractivity contribution in [1.82, 2.24) is 29.9 Å². The highest BCUT2D eigenvalue weighted by molar-refractivity contribution is 5.90. The first kappa shape index (κ1) is 23.6. The van der Waals surface area contributed by atoms with E-state index in [0.717, 1.165) is 0 Å². The summed E-state index contributed by atoms with van der Waals surface area (Å²) in [4.78, 5) is 28.2. The zero-order valence-corrected chi connectivity index (χ0v) is 19.1. The largest absolute Gasteiger partial charge is 0.368 e. The number of nitrogens with two attached hydrogens (primary N) is 2. The van der Waals surface area contributed by atoms with Crippen molar-refractivity contribution in [2.75, 3.05) is 49.5 Å². The van der Waals surface area contributed by atoms with Gasteiger partial charge in [-0.1, -0.05) is 18.2 Å². The van der Waals surface area contributed by atoms with Crippen LogP contribution in [0.15, 0.2) is 24.3 Å². The molecule has 12 heteroatoms. The molecule has 170 valence electrons. The highest BCUT2D eigenvalue weighted by Crippen LogP contribution is 2.21. The average Bonchev–Trinajstić information content (AvgIpc) is 2.80. The minimum absolute atomic E-state index is 0.0129. The number of hydrogen-bond acceptors (Lipinski definition) is 12. The molecule has 0 bridgehead atoms. The zero-order chi connectivity index (χ0) is 24.8. The maximum atomic E-state index is 9.69. The van der Waals surface area contributed by atoms with E-state index in [2.05, 4.69) is 42.0 Å². The van der Waals surface area contributed by atoms with Crippen LogP contribution >= 0.6 is 0 Å². The van der Waals surface area contributed by atoms with Gasteiger partial charge in [0, 0.05) is 28.2 Å². The van der Waals surface area contributed by atoms with Crippen molar-refractivity contribution < 1.29 is 0 Å².